The van der Waals surface area contributed by atoms with Gasteiger partial charge < -0.3 is 30.4 Å². The van der Waals surface area contributed by atoms with Crippen molar-refractivity contribution in [1.82, 2.24) is 34.6 Å². The Bertz CT molecular complexity index is 1340. The molecule has 224 valence electrons. The van der Waals surface area contributed by atoms with E-state index in [-0.39, 0.29) is 42.4 Å². The molecule has 3 aromatic rings. The van der Waals surface area contributed by atoms with Gasteiger partial charge in [0.1, 0.15) is 5.52 Å². The van der Waals surface area contributed by atoms with Gasteiger partial charge in [-0.3, -0.25) is 19.1 Å². The molecule has 0 bridgehead atoms. The number of unbranched alkanes of at least 4 members (excludes halogenated alkanes) is 1. The molecule has 2 heterocycles. The minimum atomic E-state index is -0.349. The molecule has 0 atom stereocenters. The van der Waals surface area contributed by atoms with E-state index < -0.39 is 0 Å². The quantitative estimate of drug-likeness (QED) is 0.159. The highest BCUT2D eigenvalue weighted by molar-refractivity contribution is 5.82. The molecular weight excluding hydrogens is 528 g/mol. The average molecular weight is 571 g/mol. The minimum Gasteiger partial charge on any atom is -0.469 e. The topological polar surface area (TPSA) is 161 Å². The van der Waals surface area contributed by atoms with Gasteiger partial charge in [0.05, 0.1) is 26.7 Å². The first-order valence-electron chi connectivity index (χ1n) is 13.9. The van der Waals surface area contributed by atoms with Crippen LogP contribution in [-0.2, 0) is 33.8 Å². The third-order valence-electron chi connectivity index (χ3n) is 6.64. The van der Waals surface area contributed by atoms with Crippen LogP contribution in [-0.4, -0.2) is 95.2 Å². The molecule has 0 saturated carbocycles. The van der Waals surface area contributed by atoms with Crippen molar-refractivity contribution in [3.05, 3.63) is 45.9 Å². The Morgan fingerprint density at radius 3 is 2.54 bits per heavy atom. The first kappa shape index (κ1) is 31.6. The zero-order chi connectivity index (χ0) is 29.8. The zero-order valence-corrected chi connectivity index (χ0v) is 24.4. The molecular formula is C28H42N8O5. The van der Waals surface area contributed by atoms with Crippen LogP contribution in [0.15, 0.2) is 29.1 Å². The largest absolute Gasteiger partial charge is 0.469 e. The number of amides is 1. The summed E-state index contributed by atoms with van der Waals surface area (Å²) in [5.74, 6) is -0.181. The highest BCUT2D eigenvalue weighted by atomic mass is 16.5. The molecule has 0 spiro atoms. The average Bonchev–Trinajstić information content (AvgIpc) is 3.27. The molecule has 2 aromatic heterocycles. The summed E-state index contributed by atoms with van der Waals surface area (Å²) in [7, 11) is 5.14. The second-order valence-corrected chi connectivity index (χ2v) is 9.95. The fourth-order valence-electron chi connectivity index (χ4n) is 4.26. The number of hydrogen-bond acceptors (Lipinski definition) is 10. The lowest BCUT2D eigenvalue weighted by atomic mass is 10.1. The van der Waals surface area contributed by atoms with E-state index in [1.54, 1.807) is 4.90 Å². The van der Waals surface area contributed by atoms with Gasteiger partial charge in [-0.25, -0.2) is 4.79 Å². The second kappa shape index (κ2) is 15.7. The monoisotopic (exact) mass is 570 g/mol. The van der Waals surface area contributed by atoms with Crippen LogP contribution in [0.5, 0.6) is 6.01 Å². The molecule has 0 unspecified atom stereocenters. The number of hydrogen-bond donors (Lipinski definition) is 3. The minimum absolute atomic E-state index is 0.0216. The van der Waals surface area contributed by atoms with Gasteiger partial charge in [-0.1, -0.05) is 37.6 Å². The number of ether oxygens (including phenoxy) is 2. The van der Waals surface area contributed by atoms with Gasteiger partial charge in [-0.15, -0.1) is 0 Å². The molecule has 1 aromatic carbocycles. The third kappa shape index (κ3) is 9.29. The van der Waals surface area contributed by atoms with Crippen molar-refractivity contribution in [3.8, 4) is 6.01 Å². The number of nitrogens with one attached hydrogen (secondary N) is 2. The fourth-order valence-corrected chi connectivity index (χ4v) is 4.26. The molecule has 0 aliphatic carbocycles. The van der Waals surface area contributed by atoms with Crippen molar-refractivity contribution < 1.29 is 19.1 Å². The van der Waals surface area contributed by atoms with Crippen molar-refractivity contribution in [2.45, 2.75) is 45.7 Å². The summed E-state index contributed by atoms with van der Waals surface area (Å²) in [5.41, 5.74) is 8.23. The van der Waals surface area contributed by atoms with Crippen molar-refractivity contribution in [1.29, 1.82) is 0 Å². The zero-order valence-electron chi connectivity index (χ0n) is 24.4. The van der Waals surface area contributed by atoms with Crippen molar-refractivity contribution in [2.24, 2.45) is 0 Å². The molecule has 0 saturated heterocycles. The Kier molecular flexibility index (Phi) is 12.1. The van der Waals surface area contributed by atoms with Crippen LogP contribution in [0.2, 0.25) is 0 Å². The normalized spacial score (nSPS) is 11.2. The van der Waals surface area contributed by atoms with Gasteiger partial charge in [-0.2, -0.15) is 9.97 Å². The highest BCUT2D eigenvalue weighted by Crippen LogP contribution is 2.18. The lowest BCUT2D eigenvalue weighted by Gasteiger charge is -2.26. The van der Waals surface area contributed by atoms with Crippen LogP contribution in [0, 0.1) is 0 Å². The van der Waals surface area contributed by atoms with Crippen LogP contribution in [0.25, 0.3) is 11.2 Å². The Labute approximate surface area is 240 Å². The predicted octanol–water partition coefficient (Wildman–Crippen LogP) is 1.17. The maximum absolute atomic E-state index is 13.3. The lowest BCUT2D eigenvalue weighted by molar-refractivity contribution is -0.139. The number of benzene rings is 1. The number of anilines is 1. The Balaban J connectivity index is 1.74. The van der Waals surface area contributed by atoms with Gasteiger partial charge in [-0.05, 0) is 38.1 Å². The fraction of sp³-hybridized carbons (Fsp3) is 0.536. The third-order valence-corrected chi connectivity index (χ3v) is 6.64. The number of likely N-dealkylation sites (N-methyl/N-ethyl adjacent to an activating group) is 2. The van der Waals surface area contributed by atoms with Crippen molar-refractivity contribution in [2.75, 3.05) is 59.7 Å². The van der Waals surface area contributed by atoms with E-state index in [1.165, 1.54) is 11.7 Å². The van der Waals surface area contributed by atoms with Gasteiger partial charge in [0.2, 0.25) is 5.91 Å². The molecule has 0 aliphatic rings. The number of aryl methyl sites for hydroxylation is 1. The first-order valence-corrected chi connectivity index (χ1v) is 13.9. The number of H-pyrrole nitrogens is 1. The second-order valence-electron chi connectivity index (χ2n) is 9.95. The number of aromatic amines is 1. The number of methoxy groups -OCH3 is 1. The Morgan fingerprint density at radius 2 is 1.85 bits per heavy atom. The van der Waals surface area contributed by atoms with E-state index in [1.807, 2.05) is 43.3 Å². The number of nitrogens with two attached hydrogens (primary N) is 1. The van der Waals surface area contributed by atoms with Crippen molar-refractivity contribution >= 4 is 28.9 Å². The molecule has 0 radical (unpaired) electrons. The SMILES string of the molecule is CCCCOc1nc(N)c2[nH]c(=O)n(CCCN(Cc3ccc(CC(=O)OC)cc3)C(=O)CN(C)CCNC)c2n1. The Morgan fingerprint density at radius 1 is 1.12 bits per heavy atom. The van der Waals surface area contributed by atoms with Crippen LogP contribution in [0.4, 0.5) is 5.82 Å². The maximum atomic E-state index is 13.3. The smallest absolute Gasteiger partial charge is 0.327 e. The summed E-state index contributed by atoms with van der Waals surface area (Å²) in [6.07, 6.45) is 2.51. The standard InChI is InChI=1S/C28H42N8O5/c1-5-6-16-41-27-32-25(29)24-26(33-27)36(28(39)31-24)14-7-13-35(22(37)19-34(3)15-12-30-2)18-21-10-8-20(9-11-21)17-23(38)40-4/h8-11,30H,5-7,12-19H2,1-4H3,(H,31,39)(H2,29,32,33). The molecule has 0 aliphatic heterocycles. The number of carbonyl (C=O) groups excluding carboxylic acids is 2. The molecule has 3 rings (SSSR count). The van der Waals surface area contributed by atoms with E-state index in [4.69, 9.17) is 15.2 Å². The first-order chi connectivity index (χ1) is 19.7. The van der Waals surface area contributed by atoms with E-state index in [9.17, 15) is 14.4 Å². The van der Waals surface area contributed by atoms with Gasteiger partial charge in [0.25, 0.3) is 0 Å². The number of rotatable bonds is 17. The number of nitrogens with zero attached hydrogens (tertiary/aromatic N) is 5. The van der Waals surface area contributed by atoms with E-state index >= 15 is 0 Å². The van der Waals surface area contributed by atoms with Crippen LogP contribution >= 0.6 is 0 Å². The van der Waals surface area contributed by atoms with Gasteiger partial charge in [0.15, 0.2) is 11.5 Å². The lowest BCUT2D eigenvalue weighted by Crippen LogP contribution is -2.41. The molecule has 13 heteroatoms. The summed E-state index contributed by atoms with van der Waals surface area (Å²) >= 11 is 0. The molecule has 41 heavy (non-hydrogen) atoms. The molecule has 0 fully saturated rings. The van der Waals surface area contributed by atoms with Gasteiger partial charge in [0, 0.05) is 32.7 Å². The van der Waals surface area contributed by atoms with Crippen molar-refractivity contribution in [3.63, 3.8) is 0 Å². The van der Waals surface area contributed by atoms with E-state index in [0.717, 1.165) is 37.1 Å². The number of nitrogen functional groups attached to an aromatic ring is 1. The van der Waals surface area contributed by atoms with Crippen LogP contribution in [0.3, 0.4) is 0 Å². The summed E-state index contributed by atoms with van der Waals surface area (Å²) in [6, 6.07) is 7.68. The predicted molar refractivity (Wildman–Crippen MR) is 157 cm³/mol. The van der Waals surface area contributed by atoms with Crippen LogP contribution in [0.1, 0.15) is 37.3 Å². The van der Waals surface area contributed by atoms with Gasteiger partial charge >= 0.3 is 17.7 Å². The number of aromatic nitrogens is 4. The highest BCUT2D eigenvalue weighted by Gasteiger charge is 2.18. The number of carbonyl (C=O) groups is 2. The van der Waals surface area contributed by atoms with Crippen LogP contribution < -0.4 is 21.5 Å². The molecule has 1 amide bonds. The molecule has 13 nitrogen and oxygen atoms in total. The summed E-state index contributed by atoms with van der Waals surface area (Å²) in [6.45, 7) is 5.40. The Hall–Kier alpha value is -3.97. The summed E-state index contributed by atoms with van der Waals surface area (Å²) in [5, 5.41) is 3.09. The number of fused-ring (bicyclic) bond motifs is 1. The summed E-state index contributed by atoms with van der Waals surface area (Å²) < 4.78 is 11.9. The van der Waals surface area contributed by atoms with E-state index in [0.29, 0.717) is 43.8 Å². The summed E-state index contributed by atoms with van der Waals surface area (Å²) in [4.78, 5) is 52.8. The molecule has 4 N–H and O–H groups in total. The van der Waals surface area contributed by atoms with E-state index in [2.05, 4.69) is 27.2 Å². The number of imidazole rings is 1. The number of esters is 1. The maximum Gasteiger partial charge on any atom is 0.327 e.